The highest BCUT2D eigenvalue weighted by Crippen LogP contribution is 2.41. The first-order valence-corrected chi connectivity index (χ1v) is 17.5. The fourth-order valence-electron chi connectivity index (χ4n) is 7.48. The number of para-hydroxylation sites is 5. The number of benzene rings is 7. The van der Waals surface area contributed by atoms with Gasteiger partial charge in [0.2, 0.25) is 11.8 Å². The summed E-state index contributed by atoms with van der Waals surface area (Å²) in [5.41, 5.74) is 9.74. The summed E-state index contributed by atoms with van der Waals surface area (Å²) in [6.07, 6.45) is 0. The van der Waals surface area contributed by atoms with Crippen molar-refractivity contribution in [3.63, 3.8) is 0 Å². The van der Waals surface area contributed by atoms with Crippen molar-refractivity contribution in [1.29, 1.82) is 0 Å². The minimum absolute atomic E-state index is 0.507. The normalized spacial score (nSPS) is 11.8. The van der Waals surface area contributed by atoms with Crippen LogP contribution in [0.2, 0.25) is 0 Å². The Labute approximate surface area is 302 Å². The standard InChI is InChI=1S/C46H27N5O2/c1-2-12-28(13-3-1)29-24-26-30(27-25-29)43-48-44(50-46(49-43)51-37-20-7-4-14-31(37)32-15-5-8-21-38(32)51)34-17-11-23-40-41(34)33-16-10-18-35(42(33)52-40)45-47-36-19-6-9-22-39(36)53-45/h1-27H. The first-order valence-electron chi connectivity index (χ1n) is 17.5. The molecule has 0 unspecified atom stereocenters. The monoisotopic (exact) mass is 681 g/mol. The first kappa shape index (κ1) is 29.4. The van der Waals surface area contributed by atoms with Crippen LogP contribution in [-0.2, 0) is 0 Å². The van der Waals surface area contributed by atoms with Crippen molar-refractivity contribution in [3.05, 3.63) is 164 Å². The molecule has 0 bridgehead atoms. The van der Waals surface area contributed by atoms with Crippen molar-refractivity contribution >= 4 is 54.8 Å². The fraction of sp³-hybridized carbons (Fsp3) is 0. The fourth-order valence-corrected chi connectivity index (χ4v) is 7.48. The summed E-state index contributed by atoms with van der Waals surface area (Å²) in [4.78, 5) is 20.4. The zero-order valence-corrected chi connectivity index (χ0v) is 28.1. The molecular weight excluding hydrogens is 655 g/mol. The van der Waals surface area contributed by atoms with Gasteiger partial charge in [-0.2, -0.15) is 9.97 Å². The molecule has 0 fully saturated rings. The quantitative estimate of drug-likeness (QED) is 0.180. The second-order valence-electron chi connectivity index (χ2n) is 13.0. The largest absolute Gasteiger partial charge is 0.455 e. The number of fused-ring (bicyclic) bond motifs is 7. The lowest BCUT2D eigenvalue weighted by Gasteiger charge is -2.12. The molecule has 0 spiro atoms. The van der Waals surface area contributed by atoms with E-state index in [1.54, 1.807) is 0 Å². The molecule has 0 atom stereocenters. The van der Waals surface area contributed by atoms with E-state index in [4.69, 9.17) is 28.8 Å². The van der Waals surface area contributed by atoms with Gasteiger partial charge in [-0.05, 0) is 47.5 Å². The number of oxazole rings is 1. The van der Waals surface area contributed by atoms with Crippen LogP contribution in [0, 0.1) is 0 Å². The summed E-state index contributed by atoms with van der Waals surface area (Å²) in [5.74, 6) is 2.15. The van der Waals surface area contributed by atoms with E-state index in [1.165, 1.54) is 0 Å². The number of furan rings is 1. The van der Waals surface area contributed by atoms with Crippen molar-refractivity contribution < 1.29 is 8.83 Å². The van der Waals surface area contributed by atoms with Gasteiger partial charge in [0.1, 0.15) is 16.7 Å². The highest BCUT2D eigenvalue weighted by atomic mass is 16.4. The van der Waals surface area contributed by atoms with Crippen molar-refractivity contribution in [2.75, 3.05) is 0 Å². The maximum absolute atomic E-state index is 6.61. The molecule has 0 amide bonds. The summed E-state index contributed by atoms with van der Waals surface area (Å²) >= 11 is 0. The second kappa shape index (κ2) is 11.6. The molecule has 0 aliphatic carbocycles. The number of hydrogen-bond donors (Lipinski definition) is 0. The minimum Gasteiger partial charge on any atom is -0.455 e. The average Bonchev–Trinajstić information content (AvgIpc) is 3.93. The van der Waals surface area contributed by atoms with Gasteiger partial charge in [-0.1, -0.05) is 127 Å². The van der Waals surface area contributed by atoms with Crippen molar-refractivity contribution in [2.45, 2.75) is 0 Å². The third-order valence-electron chi connectivity index (χ3n) is 9.94. The molecule has 0 aliphatic rings. The predicted octanol–water partition coefficient (Wildman–Crippen LogP) is 11.7. The predicted molar refractivity (Wildman–Crippen MR) is 211 cm³/mol. The molecule has 7 nitrogen and oxygen atoms in total. The minimum atomic E-state index is 0.507. The summed E-state index contributed by atoms with van der Waals surface area (Å²) in [6, 6.07) is 55.4. The van der Waals surface area contributed by atoms with Gasteiger partial charge in [-0.25, -0.2) is 9.97 Å². The third kappa shape index (κ3) is 4.68. The maximum Gasteiger partial charge on any atom is 0.238 e. The highest BCUT2D eigenvalue weighted by Gasteiger charge is 2.22. The van der Waals surface area contributed by atoms with E-state index in [0.29, 0.717) is 34.7 Å². The number of hydrogen-bond acceptors (Lipinski definition) is 6. The topological polar surface area (TPSA) is 82.8 Å². The molecule has 0 saturated heterocycles. The van der Waals surface area contributed by atoms with E-state index in [-0.39, 0.29) is 0 Å². The summed E-state index contributed by atoms with van der Waals surface area (Å²) in [6.45, 7) is 0. The molecule has 11 rings (SSSR count). The molecule has 0 radical (unpaired) electrons. The summed E-state index contributed by atoms with van der Waals surface area (Å²) < 4.78 is 14.9. The Hall–Kier alpha value is -7.38. The van der Waals surface area contributed by atoms with E-state index in [0.717, 1.165) is 71.5 Å². The van der Waals surface area contributed by atoms with Crippen LogP contribution < -0.4 is 0 Å². The van der Waals surface area contributed by atoms with E-state index >= 15 is 0 Å². The Morgan fingerprint density at radius 3 is 1.79 bits per heavy atom. The van der Waals surface area contributed by atoms with Gasteiger partial charge in [-0.3, -0.25) is 4.57 Å². The Kier molecular flexibility index (Phi) is 6.42. The van der Waals surface area contributed by atoms with Crippen LogP contribution in [-0.4, -0.2) is 24.5 Å². The Bertz CT molecular complexity index is 3090. The molecule has 4 aromatic heterocycles. The smallest absolute Gasteiger partial charge is 0.238 e. The van der Waals surface area contributed by atoms with Gasteiger partial charge in [0, 0.05) is 32.7 Å². The summed E-state index contributed by atoms with van der Waals surface area (Å²) in [7, 11) is 0. The van der Waals surface area contributed by atoms with Crippen LogP contribution in [0.4, 0.5) is 0 Å². The average molecular weight is 682 g/mol. The maximum atomic E-state index is 6.61. The Balaban J connectivity index is 1.15. The van der Waals surface area contributed by atoms with Gasteiger partial charge in [0.25, 0.3) is 0 Å². The molecule has 7 aromatic carbocycles. The van der Waals surface area contributed by atoms with Crippen LogP contribution in [0.25, 0.3) is 106 Å². The highest BCUT2D eigenvalue weighted by molar-refractivity contribution is 6.15. The van der Waals surface area contributed by atoms with Crippen LogP contribution in [0.15, 0.2) is 173 Å². The molecule has 11 aromatic rings. The number of nitrogens with zero attached hydrogens (tertiary/aromatic N) is 5. The van der Waals surface area contributed by atoms with Gasteiger partial charge < -0.3 is 8.83 Å². The van der Waals surface area contributed by atoms with Gasteiger partial charge in [0.15, 0.2) is 17.2 Å². The lowest BCUT2D eigenvalue weighted by Crippen LogP contribution is -2.06. The lowest BCUT2D eigenvalue weighted by atomic mass is 10.0. The molecule has 0 N–H and O–H groups in total. The third-order valence-corrected chi connectivity index (χ3v) is 9.94. The SMILES string of the molecule is c1ccc(-c2ccc(-c3nc(-c4cccc5oc6c(-c7nc8ccccc8o7)cccc6c45)nc(-n4c5ccccc5c5ccccc54)n3)cc2)cc1. The summed E-state index contributed by atoms with van der Waals surface area (Å²) in [5, 5.41) is 4.09. The van der Waals surface area contributed by atoms with Crippen molar-refractivity contribution in [3.8, 4) is 51.3 Å². The molecule has 0 saturated carbocycles. The van der Waals surface area contributed by atoms with Crippen LogP contribution >= 0.6 is 0 Å². The first-order chi connectivity index (χ1) is 26.3. The molecule has 4 heterocycles. The molecule has 0 aliphatic heterocycles. The zero-order chi connectivity index (χ0) is 34.9. The second-order valence-corrected chi connectivity index (χ2v) is 13.0. The van der Waals surface area contributed by atoms with E-state index in [2.05, 4.69) is 114 Å². The van der Waals surface area contributed by atoms with Crippen molar-refractivity contribution in [2.24, 2.45) is 0 Å². The van der Waals surface area contributed by atoms with Crippen molar-refractivity contribution in [1.82, 2.24) is 24.5 Å². The van der Waals surface area contributed by atoms with E-state index in [9.17, 15) is 0 Å². The van der Waals surface area contributed by atoms with Crippen LogP contribution in [0.1, 0.15) is 0 Å². The molecular formula is C46H27N5O2. The number of aromatic nitrogens is 5. The van der Waals surface area contributed by atoms with Gasteiger partial charge in [0.05, 0.1) is 16.6 Å². The molecule has 7 heteroatoms. The van der Waals surface area contributed by atoms with Gasteiger partial charge in [-0.15, -0.1) is 0 Å². The Morgan fingerprint density at radius 2 is 1.00 bits per heavy atom. The van der Waals surface area contributed by atoms with Crippen LogP contribution in [0.3, 0.4) is 0 Å². The van der Waals surface area contributed by atoms with E-state index in [1.807, 2.05) is 54.6 Å². The molecule has 248 valence electrons. The lowest BCUT2D eigenvalue weighted by molar-refractivity contribution is 0.615. The zero-order valence-electron chi connectivity index (χ0n) is 28.1. The Morgan fingerprint density at radius 1 is 0.396 bits per heavy atom. The van der Waals surface area contributed by atoms with Gasteiger partial charge >= 0.3 is 0 Å². The van der Waals surface area contributed by atoms with Crippen LogP contribution in [0.5, 0.6) is 0 Å². The molecule has 53 heavy (non-hydrogen) atoms. The number of rotatable bonds is 5. The van der Waals surface area contributed by atoms with E-state index < -0.39 is 0 Å².